The van der Waals surface area contributed by atoms with E-state index >= 15 is 0 Å². The zero-order chi connectivity index (χ0) is 18.4. The first-order chi connectivity index (χ1) is 12.8. The van der Waals surface area contributed by atoms with Gasteiger partial charge in [0.25, 0.3) is 0 Å². The van der Waals surface area contributed by atoms with Gasteiger partial charge in [0.2, 0.25) is 0 Å². The van der Waals surface area contributed by atoms with Crippen LogP contribution in [0.2, 0.25) is 0 Å². The molecule has 0 amide bonds. The molecule has 0 bridgehead atoms. The van der Waals surface area contributed by atoms with E-state index in [0.717, 1.165) is 18.4 Å². The van der Waals surface area contributed by atoms with Crippen molar-refractivity contribution in [3.8, 4) is 0 Å². The van der Waals surface area contributed by atoms with Crippen LogP contribution < -0.4 is 0 Å². The van der Waals surface area contributed by atoms with Crippen molar-refractivity contribution in [2.45, 2.75) is 56.7 Å². The van der Waals surface area contributed by atoms with Gasteiger partial charge in [-0.25, -0.2) is 0 Å². The molecule has 2 fully saturated rings. The Morgan fingerprint density at radius 1 is 1.27 bits per heavy atom. The average Bonchev–Trinajstić information content (AvgIpc) is 2.69. The lowest BCUT2D eigenvalue weighted by atomic mass is 9.96. The van der Waals surface area contributed by atoms with Crippen LogP contribution >= 0.6 is 0 Å². The Hall–Kier alpha value is -1.67. The monoisotopic (exact) mass is 363 g/mol. The number of nitrogens with zero attached hydrogens (tertiary/aromatic N) is 3. The normalized spacial score (nSPS) is 33.9. The largest absolute Gasteiger partial charge is 0.375 e. The minimum absolute atomic E-state index is 0.348. The van der Waals surface area contributed by atoms with Gasteiger partial charge in [-0.3, -0.25) is 0 Å². The minimum atomic E-state index is -0.695. The molecule has 0 radical (unpaired) electrons. The van der Waals surface area contributed by atoms with Crippen LogP contribution in [0, 0.1) is 0 Å². The van der Waals surface area contributed by atoms with Gasteiger partial charge in [0.15, 0.2) is 12.6 Å². The highest BCUT2D eigenvalue weighted by molar-refractivity contribution is 5.16. The summed E-state index contributed by atoms with van der Waals surface area (Å²) in [5.41, 5.74) is 9.90. The van der Waals surface area contributed by atoms with E-state index in [-0.39, 0.29) is 6.10 Å². The molecule has 8 heteroatoms. The van der Waals surface area contributed by atoms with Crippen LogP contribution in [0.25, 0.3) is 10.4 Å². The first kappa shape index (κ1) is 19.1. The van der Waals surface area contributed by atoms with E-state index in [9.17, 15) is 0 Å². The quantitative estimate of drug-likeness (QED) is 0.320. The summed E-state index contributed by atoms with van der Waals surface area (Å²) >= 11 is 0. The highest BCUT2D eigenvalue weighted by Crippen LogP contribution is 2.36. The fraction of sp³-hybridized carbons (Fsp3) is 0.667. The second-order valence-electron chi connectivity index (χ2n) is 6.34. The molecular formula is C18H25N3O5. The smallest absolute Gasteiger partial charge is 0.184 e. The molecule has 2 aliphatic rings. The first-order valence-electron chi connectivity index (χ1n) is 8.94. The summed E-state index contributed by atoms with van der Waals surface area (Å²) in [5, 5.41) is 3.87. The zero-order valence-corrected chi connectivity index (χ0v) is 15.1. The van der Waals surface area contributed by atoms with Crippen LogP contribution in [0.1, 0.15) is 31.6 Å². The van der Waals surface area contributed by atoms with Crippen molar-refractivity contribution in [1.82, 2.24) is 0 Å². The third-order valence-corrected chi connectivity index (χ3v) is 4.60. The topological polar surface area (TPSA) is 94.9 Å². The maximum absolute atomic E-state index is 8.97. The molecule has 2 saturated heterocycles. The number of hydrogen-bond acceptors (Lipinski definition) is 6. The summed E-state index contributed by atoms with van der Waals surface area (Å²) in [7, 11) is 1.52. The molecule has 142 valence electrons. The van der Waals surface area contributed by atoms with E-state index in [0.29, 0.717) is 13.2 Å². The Morgan fingerprint density at radius 3 is 2.77 bits per heavy atom. The van der Waals surface area contributed by atoms with Gasteiger partial charge in [0.05, 0.1) is 12.7 Å². The fourth-order valence-electron chi connectivity index (χ4n) is 3.27. The maximum Gasteiger partial charge on any atom is 0.184 e. The summed E-state index contributed by atoms with van der Waals surface area (Å²) in [6, 6.07) is 9.08. The van der Waals surface area contributed by atoms with Crippen molar-refractivity contribution >= 4 is 0 Å². The van der Waals surface area contributed by atoms with E-state index in [1.54, 1.807) is 0 Å². The van der Waals surface area contributed by atoms with E-state index in [1.165, 1.54) is 7.11 Å². The van der Waals surface area contributed by atoms with Crippen molar-refractivity contribution < 1.29 is 23.7 Å². The molecule has 0 aromatic heterocycles. The average molecular weight is 363 g/mol. The summed E-state index contributed by atoms with van der Waals surface area (Å²) in [6.07, 6.45) is -0.508. The van der Waals surface area contributed by atoms with Gasteiger partial charge in [0.1, 0.15) is 18.2 Å². The number of methoxy groups -OCH3 is 1. The highest BCUT2D eigenvalue weighted by Gasteiger charge is 2.50. The Labute approximate surface area is 153 Å². The first-order valence-corrected chi connectivity index (χ1v) is 8.94. The van der Waals surface area contributed by atoms with E-state index < -0.39 is 30.8 Å². The molecule has 0 spiro atoms. The summed E-state index contributed by atoms with van der Waals surface area (Å²) in [5.74, 6) is 0. The SMILES string of the molecule is CCCCO[C@@H]1C(N=[N+]=[N-])[C@@H](OC)OC2COC(c3ccccc3)O[C@H]21. The van der Waals surface area contributed by atoms with Crippen LogP contribution in [0.5, 0.6) is 0 Å². The Bertz CT molecular complexity index is 610. The fourth-order valence-corrected chi connectivity index (χ4v) is 3.27. The molecule has 0 N–H and O–H groups in total. The van der Waals surface area contributed by atoms with Gasteiger partial charge in [-0.15, -0.1) is 0 Å². The van der Waals surface area contributed by atoms with Crippen molar-refractivity contribution in [2.24, 2.45) is 5.11 Å². The number of fused-ring (bicyclic) bond motifs is 1. The Balaban J connectivity index is 1.81. The predicted molar refractivity (Wildman–Crippen MR) is 93.3 cm³/mol. The standard InChI is InChI=1S/C18H25N3O5/c1-3-4-10-23-16-14(20-21-19)18(22-2)25-13-11-24-17(26-15(13)16)12-8-6-5-7-9-12/h5-9,13-18H,3-4,10-11H2,1-2H3/t13?,14?,15-,16-,17?,18+/m1/s1. The van der Waals surface area contributed by atoms with Gasteiger partial charge in [-0.05, 0) is 12.0 Å². The van der Waals surface area contributed by atoms with Crippen molar-refractivity contribution in [2.75, 3.05) is 20.3 Å². The molecule has 1 aromatic rings. The van der Waals surface area contributed by atoms with Crippen molar-refractivity contribution in [3.05, 3.63) is 46.3 Å². The molecule has 2 aliphatic heterocycles. The van der Waals surface area contributed by atoms with Gasteiger partial charge >= 0.3 is 0 Å². The summed E-state index contributed by atoms with van der Waals surface area (Å²) in [6.45, 7) is 2.99. The third-order valence-electron chi connectivity index (χ3n) is 4.60. The van der Waals surface area contributed by atoms with E-state index in [1.807, 2.05) is 30.3 Å². The minimum Gasteiger partial charge on any atom is -0.375 e. The van der Waals surface area contributed by atoms with E-state index in [2.05, 4.69) is 16.9 Å². The lowest BCUT2D eigenvalue weighted by Gasteiger charge is -2.47. The number of rotatable bonds is 7. The Morgan fingerprint density at radius 2 is 2.08 bits per heavy atom. The summed E-state index contributed by atoms with van der Waals surface area (Å²) < 4.78 is 29.4. The van der Waals surface area contributed by atoms with Crippen LogP contribution in [0.3, 0.4) is 0 Å². The third kappa shape index (κ3) is 4.17. The second-order valence-corrected chi connectivity index (χ2v) is 6.34. The predicted octanol–water partition coefficient (Wildman–Crippen LogP) is 3.34. The molecular weight excluding hydrogens is 338 g/mol. The number of hydrogen-bond donors (Lipinski definition) is 0. The van der Waals surface area contributed by atoms with Gasteiger partial charge in [-0.1, -0.05) is 48.8 Å². The number of benzene rings is 1. The molecule has 2 heterocycles. The number of unbranched alkanes of at least 4 members (excludes halogenated alkanes) is 1. The van der Waals surface area contributed by atoms with E-state index in [4.69, 9.17) is 29.2 Å². The number of azide groups is 1. The van der Waals surface area contributed by atoms with Crippen LogP contribution in [0.15, 0.2) is 35.4 Å². The molecule has 3 unspecified atom stereocenters. The number of ether oxygens (including phenoxy) is 5. The molecule has 1 aromatic carbocycles. The van der Waals surface area contributed by atoms with Gasteiger partial charge < -0.3 is 23.7 Å². The summed E-state index contributed by atoms with van der Waals surface area (Å²) in [4.78, 5) is 2.95. The Kier molecular flexibility index (Phi) is 6.85. The van der Waals surface area contributed by atoms with Crippen molar-refractivity contribution in [1.29, 1.82) is 0 Å². The lowest BCUT2D eigenvalue weighted by Crippen LogP contribution is -2.62. The van der Waals surface area contributed by atoms with Crippen molar-refractivity contribution in [3.63, 3.8) is 0 Å². The molecule has 26 heavy (non-hydrogen) atoms. The zero-order valence-electron chi connectivity index (χ0n) is 15.1. The highest BCUT2D eigenvalue weighted by atomic mass is 16.7. The lowest BCUT2D eigenvalue weighted by molar-refractivity contribution is -0.343. The molecule has 3 rings (SSSR count). The van der Waals surface area contributed by atoms with Gasteiger partial charge in [-0.2, -0.15) is 0 Å². The molecule has 0 saturated carbocycles. The van der Waals surface area contributed by atoms with Crippen LogP contribution in [-0.2, 0) is 23.7 Å². The van der Waals surface area contributed by atoms with Gasteiger partial charge in [0, 0.05) is 24.2 Å². The van der Waals surface area contributed by atoms with Crippen LogP contribution in [-0.4, -0.2) is 51.0 Å². The molecule has 6 atom stereocenters. The molecule has 8 nitrogen and oxygen atoms in total. The second kappa shape index (κ2) is 9.32. The maximum atomic E-state index is 8.97. The molecule has 0 aliphatic carbocycles. The van der Waals surface area contributed by atoms with Crippen LogP contribution in [0.4, 0.5) is 0 Å².